The van der Waals surface area contributed by atoms with Gasteiger partial charge in [0.1, 0.15) is 4.90 Å². The summed E-state index contributed by atoms with van der Waals surface area (Å²) in [6.07, 6.45) is 1.31. The molecule has 0 bridgehead atoms. The van der Waals surface area contributed by atoms with Crippen LogP contribution in [0.4, 0.5) is 5.69 Å². The number of nitrogens with zero attached hydrogens (tertiary/aromatic N) is 1. The molecular weight excluding hydrogens is 258 g/mol. The van der Waals surface area contributed by atoms with Crippen molar-refractivity contribution in [1.82, 2.24) is 5.16 Å². The van der Waals surface area contributed by atoms with Gasteiger partial charge in [-0.15, -0.1) is 0 Å². The van der Waals surface area contributed by atoms with E-state index in [0.29, 0.717) is 0 Å². The Labute approximate surface area is 103 Å². The van der Waals surface area contributed by atoms with Gasteiger partial charge in [0.25, 0.3) is 5.91 Å². The van der Waals surface area contributed by atoms with Gasteiger partial charge in [0, 0.05) is 6.07 Å². The van der Waals surface area contributed by atoms with Crippen molar-refractivity contribution >= 4 is 21.6 Å². The number of anilines is 1. The Bertz CT molecular complexity index is 664. The van der Waals surface area contributed by atoms with E-state index in [4.69, 9.17) is 5.14 Å². The van der Waals surface area contributed by atoms with Gasteiger partial charge >= 0.3 is 0 Å². The first-order valence-corrected chi connectivity index (χ1v) is 6.37. The van der Waals surface area contributed by atoms with Gasteiger partial charge in [-0.3, -0.25) is 4.79 Å². The van der Waals surface area contributed by atoms with Gasteiger partial charge in [-0.2, -0.15) is 0 Å². The highest BCUT2D eigenvalue weighted by atomic mass is 32.2. The Hall–Kier alpha value is -2.19. The highest BCUT2D eigenvalue weighted by molar-refractivity contribution is 7.89. The maximum atomic E-state index is 11.7. The SMILES string of the molecule is NS(=O)(=O)c1ccccc1NC(=O)c1ccno1. The maximum absolute atomic E-state index is 11.7. The van der Waals surface area contributed by atoms with Crippen molar-refractivity contribution in [2.75, 3.05) is 5.32 Å². The minimum atomic E-state index is -3.91. The van der Waals surface area contributed by atoms with Crippen LogP contribution in [0.5, 0.6) is 0 Å². The predicted molar refractivity (Wildman–Crippen MR) is 62.3 cm³/mol. The van der Waals surface area contributed by atoms with Crippen molar-refractivity contribution in [2.45, 2.75) is 4.90 Å². The van der Waals surface area contributed by atoms with Crippen LogP contribution in [0.15, 0.2) is 45.9 Å². The molecular formula is C10H9N3O4S. The number of sulfonamides is 1. The Morgan fingerprint density at radius 3 is 2.61 bits per heavy atom. The molecule has 0 atom stereocenters. The van der Waals surface area contributed by atoms with Crippen molar-refractivity contribution in [2.24, 2.45) is 5.14 Å². The first-order valence-electron chi connectivity index (χ1n) is 4.82. The summed E-state index contributed by atoms with van der Waals surface area (Å²) in [6, 6.07) is 7.16. The molecule has 0 aliphatic heterocycles. The van der Waals surface area contributed by atoms with Crippen molar-refractivity contribution < 1.29 is 17.7 Å². The van der Waals surface area contributed by atoms with E-state index in [1.54, 1.807) is 6.07 Å². The van der Waals surface area contributed by atoms with Crippen LogP contribution in [0.1, 0.15) is 10.6 Å². The molecule has 0 fully saturated rings. The van der Waals surface area contributed by atoms with Crippen molar-refractivity contribution in [1.29, 1.82) is 0 Å². The third-order valence-corrected chi connectivity index (χ3v) is 3.07. The molecule has 3 N–H and O–H groups in total. The van der Waals surface area contributed by atoms with Gasteiger partial charge in [-0.05, 0) is 12.1 Å². The summed E-state index contributed by atoms with van der Waals surface area (Å²) in [5, 5.41) is 10.8. The van der Waals surface area contributed by atoms with Crippen LogP contribution in [0.25, 0.3) is 0 Å². The number of amides is 1. The van der Waals surface area contributed by atoms with E-state index >= 15 is 0 Å². The van der Waals surface area contributed by atoms with E-state index in [-0.39, 0.29) is 16.3 Å². The largest absolute Gasteiger partial charge is 0.351 e. The van der Waals surface area contributed by atoms with Gasteiger partial charge in [0.2, 0.25) is 15.8 Å². The lowest BCUT2D eigenvalue weighted by Crippen LogP contribution is -2.18. The van der Waals surface area contributed by atoms with Gasteiger partial charge < -0.3 is 9.84 Å². The zero-order chi connectivity index (χ0) is 13.2. The summed E-state index contributed by atoms with van der Waals surface area (Å²) in [6.45, 7) is 0. The lowest BCUT2D eigenvalue weighted by molar-refractivity contribution is 0.0987. The number of nitrogens with two attached hydrogens (primary N) is 1. The number of carbonyl (C=O) groups is 1. The van der Waals surface area contributed by atoms with E-state index < -0.39 is 15.9 Å². The molecule has 8 heteroatoms. The first kappa shape index (κ1) is 12.3. The zero-order valence-corrected chi connectivity index (χ0v) is 9.85. The first-order chi connectivity index (χ1) is 8.48. The molecule has 1 heterocycles. The monoisotopic (exact) mass is 267 g/mol. The van der Waals surface area contributed by atoms with E-state index in [0.717, 1.165) is 0 Å². The molecule has 7 nitrogen and oxygen atoms in total. The standard InChI is InChI=1S/C10H9N3O4S/c11-18(15,16)9-4-2-1-3-7(9)13-10(14)8-5-6-12-17-8/h1-6H,(H,13,14)(H2,11,15,16). The Balaban J connectivity index is 2.33. The highest BCUT2D eigenvalue weighted by Crippen LogP contribution is 2.19. The quantitative estimate of drug-likeness (QED) is 0.843. The number of benzene rings is 1. The van der Waals surface area contributed by atoms with Crippen LogP contribution in [0.2, 0.25) is 0 Å². The molecule has 0 saturated carbocycles. The average molecular weight is 267 g/mol. The molecule has 0 saturated heterocycles. The molecule has 1 aromatic carbocycles. The van der Waals surface area contributed by atoms with Gasteiger partial charge in [-0.25, -0.2) is 13.6 Å². The minimum absolute atomic E-state index is 0.0285. The summed E-state index contributed by atoms with van der Waals surface area (Å²) in [7, 11) is -3.91. The summed E-state index contributed by atoms with van der Waals surface area (Å²) < 4.78 is 27.3. The van der Waals surface area contributed by atoms with Gasteiger partial charge in [0.05, 0.1) is 11.9 Å². The predicted octanol–water partition coefficient (Wildman–Crippen LogP) is 0.574. The number of carbonyl (C=O) groups excluding carboxylic acids is 1. The number of rotatable bonds is 3. The zero-order valence-electron chi connectivity index (χ0n) is 9.03. The summed E-state index contributed by atoms with van der Waals surface area (Å²) in [4.78, 5) is 11.5. The summed E-state index contributed by atoms with van der Waals surface area (Å²) in [5.41, 5.74) is 0.0846. The molecule has 1 aromatic heterocycles. The molecule has 2 rings (SSSR count). The number of para-hydroxylation sites is 1. The smallest absolute Gasteiger partial charge is 0.294 e. The molecule has 1 amide bonds. The lowest BCUT2D eigenvalue weighted by atomic mass is 10.3. The fraction of sp³-hybridized carbons (Fsp3) is 0. The molecule has 0 spiro atoms. The molecule has 2 aromatic rings. The topological polar surface area (TPSA) is 115 Å². The van der Waals surface area contributed by atoms with Crippen LogP contribution in [-0.2, 0) is 10.0 Å². The van der Waals surface area contributed by atoms with E-state index in [2.05, 4.69) is 15.0 Å². The normalized spacial score (nSPS) is 11.2. The Kier molecular flexibility index (Phi) is 3.13. The van der Waals surface area contributed by atoms with Crippen molar-refractivity contribution in [3.63, 3.8) is 0 Å². The van der Waals surface area contributed by atoms with Crippen LogP contribution in [-0.4, -0.2) is 19.5 Å². The summed E-state index contributed by atoms with van der Waals surface area (Å²) in [5.74, 6) is -0.636. The Morgan fingerprint density at radius 1 is 1.28 bits per heavy atom. The summed E-state index contributed by atoms with van der Waals surface area (Å²) >= 11 is 0. The fourth-order valence-electron chi connectivity index (χ4n) is 1.33. The third kappa shape index (κ3) is 2.55. The molecule has 0 aliphatic rings. The molecule has 18 heavy (non-hydrogen) atoms. The average Bonchev–Trinajstić information content (AvgIpc) is 2.81. The number of hydrogen-bond donors (Lipinski definition) is 2. The number of hydrogen-bond acceptors (Lipinski definition) is 5. The number of primary sulfonamides is 1. The third-order valence-electron chi connectivity index (χ3n) is 2.10. The number of aromatic nitrogens is 1. The van der Waals surface area contributed by atoms with Crippen LogP contribution in [0.3, 0.4) is 0 Å². The second-order valence-corrected chi connectivity index (χ2v) is 4.90. The van der Waals surface area contributed by atoms with Gasteiger partial charge in [0.15, 0.2) is 0 Å². The Morgan fingerprint density at radius 2 is 2.00 bits per heavy atom. The molecule has 0 aliphatic carbocycles. The van der Waals surface area contributed by atoms with E-state index in [1.165, 1.54) is 30.5 Å². The fourth-order valence-corrected chi connectivity index (χ4v) is 2.03. The van der Waals surface area contributed by atoms with E-state index in [1.807, 2.05) is 0 Å². The van der Waals surface area contributed by atoms with E-state index in [9.17, 15) is 13.2 Å². The molecule has 0 radical (unpaired) electrons. The minimum Gasteiger partial charge on any atom is -0.351 e. The maximum Gasteiger partial charge on any atom is 0.294 e. The molecule has 94 valence electrons. The van der Waals surface area contributed by atoms with Crippen molar-refractivity contribution in [3.05, 3.63) is 42.3 Å². The van der Waals surface area contributed by atoms with Gasteiger partial charge in [-0.1, -0.05) is 17.3 Å². The van der Waals surface area contributed by atoms with Crippen LogP contribution >= 0.6 is 0 Å². The second kappa shape index (κ2) is 4.59. The van der Waals surface area contributed by atoms with Crippen LogP contribution < -0.4 is 10.5 Å². The second-order valence-electron chi connectivity index (χ2n) is 3.37. The van der Waals surface area contributed by atoms with Crippen LogP contribution in [0, 0.1) is 0 Å². The lowest BCUT2D eigenvalue weighted by Gasteiger charge is -2.07. The number of nitrogens with one attached hydrogen (secondary N) is 1. The molecule has 0 unspecified atom stereocenters. The van der Waals surface area contributed by atoms with Crippen molar-refractivity contribution in [3.8, 4) is 0 Å². The highest BCUT2D eigenvalue weighted by Gasteiger charge is 2.17.